The highest BCUT2D eigenvalue weighted by atomic mass is 35.5. The molecule has 4 heteroatoms. The molecular formula is C12H21ClN2O. The van der Waals surface area contributed by atoms with Gasteiger partial charge < -0.3 is 10.6 Å². The van der Waals surface area contributed by atoms with Crippen LogP contribution in [0.1, 0.15) is 38.5 Å². The van der Waals surface area contributed by atoms with Crippen LogP contribution in [-0.4, -0.2) is 25.0 Å². The van der Waals surface area contributed by atoms with Crippen molar-refractivity contribution in [2.45, 2.75) is 44.6 Å². The van der Waals surface area contributed by atoms with E-state index in [2.05, 4.69) is 10.6 Å². The molecule has 1 spiro atoms. The van der Waals surface area contributed by atoms with Crippen molar-refractivity contribution in [3.8, 4) is 0 Å². The van der Waals surface area contributed by atoms with E-state index < -0.39 is 0 Å². The summed E-state index contributed by atoms with van der Waals surface area (Å²) in [6.07, 6.45) is 8.09. The molecule has 1 aliphatic heterocycles. The van der Waals surface area contributed by atoms with Crippen molar-refractivity contribution in [1.82, 2.24) is 10.6 Å². The van der Waals surface area contributed by atoms with Gasteiger partial charge in [0, 0.05) is 19.1 Å². The maximum atomic E-state index is 11.8. The van der Waals surface area contributed by atoms with Crippen LogP contribution in [0.15, 0.2) is 0 Å². The van der Waals surface area contributed by atoms with Crippen LogP contribution in [0, 0.1) is 11.3 Å². The summed E-state index contributed by atoms with van der Waals surface area (Å²) in [5.41, 5.74) is 0.533. The molecule has 2 N–H and O–H groups in total. The summed E-state index contributed by atoms with van der Waals surface area (Å²) in [6, 6.07) is 0.519. The number of halogens is 1. The Labute approximate surface area is 103 Å². The van der Waals surface area contributed by atoms with Crippen LogP contribution in [0.25, 0.3) is 0 Å². The van der Waals surface area contributed by atoms with Gasteiger partial charge in [-0.2, -0.15) is 0 Å². The summed E-state index contributed by atoms with van der Waals surface area (Å²) in [5, 5.41) is 6.38. The molecule has 3 rings (SSSR count). The van der Waals surface area contributed by atoms with Gasteiger partial charge >= 0.3 is 0 Å². The first kappa shape index (κ1) is 12.2. The average Bonchev–Trinajstić information content (AvgIpc) is 2.76. The predicted molar refractivity (Wildman–Crippen MR) is 65.7 cm³/mol. The smallest absolute Gasteiger partial charge is 0.225 e. The number of rotatable bonds is 2. The lowest BCUT2D eigenvalue weighted by Crippen LogP contribution is -2.51. The molecule has 92 valence electrons. The minimum Gasteiger partial charge on any atom is -0.352 e. The number of hydrogen-bond acceptors (Lipinski definition) is 2. The minimum absolute atomic E-state index is 0. The van der Waals surface area contributed by atoms with Gasteiger partial charge in [-0.05, 0) is 24.7 Å². The van der Waals surface area contributed by atoms with Gasteiger partial charge in [-0.15, -0.1) is 12.4 Å². The summed E-state index contributed by atoms with van der Waals surface area (Å²) in [5.74, 6) is 0.549. The molecule has 16 heavy (non-hydrogen) atoms. The summed E-state index contributed by atoms with van der Waals surface area (Å²) in [6.45, 7) is 1.76. The van der Waals surface area contributed by atoms with Crippen LogP contribution in [0.3, 0.4) is 0 Å². The van der Waals surface area contributed by atoms with Crippen LogP contribution in [-0.2, 0) is 4.79 Å². The van der Waals surface area contributed by atoms with Crippen molar-refractivity contribution >= 4 is 18.3 Å². The fraction of sp³-hybridized carbons (Fsp3) is 0.917. The van der Waals surface area contributed by atoms with Gasteiger partial charge in [0.15, 0.2) is 0 Å². The first-order valence-corrected chi connectivity index (χ1v) is 6.31. The van der Waals surface area contributed by atoms with Crippen LogP contribution < -0.4 is 10.6 Å². The Morgan fingerprint density at radius 1 is 1.19 bits per heavy atom. The molecule has 0 aromatic carbocycles. The Bertz CT molecular complexity index is 272. The standard InChI is InChI=1S/C12H20N2O.ClH/c15-11(9-7-13-8-9)14-10-6-12(10)4-2-1-3-5-12;/h9-10,13H,1-8H2,(H,14,15);1H. The Balaban J connectivity index is 0.000000963. The topological polar surface area (TPSA) is 41.1 Å². The van der Waals surface area contributed by atoms with Gasteiger partial charge in [0.05, 0.1) is 5.92 Å². The lowest BCUT2D eigenvalue weighted by atomic mass is 9.85. The molecule has 1 amide bonds. The Morgan fingerprint density at radius 3 is 2.44 bits per heavy atom. The highest BCUT2D eigenvalue weighted by Gasteiger charge is 2.54. The van der Waals surface area contributed by atoms with Crippen molar-refractivity contribution in [2.24, 2.45) is 11.3 Å². The molecule has 2 aliphatic carbocycles. The van der Waals surface area contributed by atoms with Crippen molar-refractivity contribution in [2.75, 3.05) is 13.1 Å². The summed E-state index contributed by atoms with van der Waals surface area (Å²) in [7, 11) is 0. The minimum atomic E-state index is 0. The van der Waals surface area contributed by atoms with Gasteiger partial charge in [-0.1, -0.05) is 19.3 Å². The third-order valence-corrected chi connectivity index (χ3v) is 4.51. The van der Waals surface area contributed by atoms with Gasteiger partial charge in [-0.25, -0.2) is 0 Å². The quantitative estimate of drug-likeness (QED) is 0.773. The first-order chi connectivity index (χ1) is 7.30. The average molecular weight is 245 g/mol. The van der Waals surface area contributed by atoms with E-state index in [0.717, 1.165) is 13.1 Å². The zero-order valence-electron chi connectivity index (χ0n) is 9.63. The van der Waals surface area contributed by atoms with Crippen LogP contribution in [0.2, 0.25) is 0 Å². The van der Waals surface area contributed by atoms with Crippen LogP contribution in [0.4, 0.5) is 0 Å². The van der Waals surface area contributed by atoms with E-state index in [4.69, 9.17) is 0 Å². The zero-order chi connectivity index (χ0) is 10.3. The highest BCUT2D eigenvalue weighted by molar-refractivity contribution is 5.85. The number of amides is 1. The second-order valence-corrected chi connectivity index (χ2v) is 5.54. The Morgan fingerprint density at radius 2 is 1.88 bits per heavy atom. The van der Waals surface area contributed by atoms with Crippen molar-refractivity contribution in [1.29, 1.82) is 0 Å². The fourth-order valence-electron chi connectivity index (χ4n) is 3.12. The molecule has 2 saturated carbocycles. The molecule has 0 aromatic rings. The van der Waals surface area contributed by atoms with E-state index in [0.29, 0.717) is 17.4 Å². The Kier molecular flexibility index (Phi) is 3.45. The molecule has 1 atom stereocenters. The largest absolute Gasteiger partial charge is 0.352 e. The highest BCUT2D eigenvalue weighted by Crippen LogP contribution is 2.56. The lowest BCUT2D eigenvalue weighted by Gasteiger charge is -2.27. The van der Waals surface area contributed by atoms with E-state index in [-0.39, 0.29) is 18.3 Å². The monoisotopic (exact) mass is 244 g/mol. The SMILES string of the molecule is Cl.O=C(NC1CC12CCCCC2)C1CNC1. The molecule has 0 radical (unpaired) electrons. The van der Waals surface area contributed by atoms with E-state index in [1.165, 1.54) is 38.5 Å². The summed E-state index contributed by atoms with van der Waals surface area (Å²) >= 11 is 0. The van der Waals surface area contributed by atoms with Gasteiger partial charge in [0.25, 0.3) is 0 Å². The molecule has 3 nitrogen and oxygen atoms in total. The normalized spacial score (nSPS) is 31.4. The second kappa shape index (κ2) is 4.53. The molecule has 1 heterocycles. The van der Waals surface area contributed by atoms with Gasteiger partial charge in [-0.3, -0.25) is 4.79 Å². The molecule has 3 aliphatic rings. The van der Waals surface area contributed by atoms with E-state index >= 15 is 0 Å². The zero-order valence-corrected chi connectivity index (χ0v) is 10.4. The van der Waals surface area contributed by atoms with Crippen molar-refractivity contribution in [3.63, 3.8) is 0 Å². The molecule has 0 bridgehead atoms. The van der Waals surface area contributed by atoms with Gasteiger partial charge in [0.1, 0.15) is 0 Å². The third kappa shape index (κ3) is 2.07. The fourth-order valence-corrected chi connectivity index (χ4v) is 3.12. The van der Waals surface area contributed by atoms with Crippen LogP contribution in [0.5, 0.6) is 0 Å². The number of carbonyl (C=O) groups is 1. The van der Waals surface area contributed by atoms with E-state index in [1.54, 1.807) is 0 Å². The molecular weight excluding hydrogens is 224 g/mol. The summed E-state index contributed by atoms with van der Waals surface area (Å²) < 4.78 is 0. The lowest BCUT2D eigenvalue weighted by molar-refractivity contribution is -0.126. The predicted octanol–water partition coefficient (Wildman–Crippen LogP) is 1.47. The number of carbonyl (C=O) groups excluding carboxylic acids is 1. The van der Waals surface area contributed by atoms with Crippen molar-refractivity contribution in [3.05, 3.63) is 0 Å². The number of nitrogens with one attached hydrogen (secondary N) is 2. The maximum Gasteiger partial charge on any atom is 0.225 e. The Hall–Kier alpha value is -0.280. The maximum absolute atomic E-state index is 11.8. The molecule has 0 aromatic heterocycles. The van der Waals surface area contributed by atoms with Gasteiger partial charge in [0.2, 0.25) is 5.91 Å². The van der Waals surface area contributed by atoms with E-state index in [1.807, 2.05) is 0 Å². The number of hydrogen-bond donors (Lipinski definition) is 2. The van der Waals surface area contributed by atoms with E-state index in [9.17, 15) is 4.79 Å². The molecule has 1 unspecified atom stereocenters. The molecule has 1 saturated heterocycles. The first-order valence-electron chi connectivity index (χ1n) is 6.31. The van der Waals surface area contributed by atoms with Crippen molar-refractivity contribution < 1.29 is 4.79 Å². The van der Waals surface area contributed by atoms with Crippen LogP contribution >= 0.6 is 12.4 Å². The molecule has 3 fully saturated rings. The second-order valence-electron chi connectivity index (χ2n) is 5.54. The third-order valence-electron chi connectivity index (χ3n) is 4.51. The summed E-state index contributed by atoms with van der Waals surface area (Å²) in [4.78, 5) is 11.8.